The average molecular weight is 610 g/mol. The van der Waals surface area contributed by atoms with Crippen molar-refractivity contribution in [1.82, 2.24) is 9.78 Å². The molecule has 228 valence electrons. The predicted molar refractivity (Wildman–Crippen MR) is 168 cm³/mol. The molecule has 6 aromatic rings. The van der Waals surface area contributed by atoms with E-state index in [9.17, 15) is 18.3 Å². The Morgan fingerprint density at radius 3 is 1.62 bits per heavy atom. The topological polar surface area (TPSA) is 50.1 Å². The third-order valence-electron chi connectivity index (χ3n) is 8.60. The molecule has 0 saturated heterocycles. The van der Waals surface area contributed by atoms with Crippen LogP contribution in [0.25, 0.3) is 10.9 Å². The molecule has 1 unspecified atom stereocenters. The van der Waals surface area contributed by atoms with Crippen LogP contribution in [0, 0.1) is 5.82 Å². The largest absolute Gasteiger partial charge is 0.416 e. The van der Waals surface area contributed by atoms with E-state index in [-0.39, 0.29) is 6.42 Å². The highest BCUT2D eigenvalue weighted by Crippen LogP contribution is 2.43. The molecule has 0 aliphatic carbocycles. The van der Waals surface area contributed by atoms with Gasteiger partial charge in [-0.1, -0.05) is 110 Å². The first-order chi connectivity index (χ1) is 21.7. The summed E-state index contributed by atoms with van der Waals surface area (Å²) in [6, 6.07) is 37.1. The van der Waals surface area contributed by atoms with Gasteiger partial charge in [-0.15, -0.1) is 0 Å². The Labute approximate surface area is 258 Å². The minimum absolute atomic E-state index is 0.285. The lowest BCUT2D eigenvalue weighted by Crippen LogP contribution is -2.39. The third-order valence-corrected chi connectivity index (χ3v) is 8.60. The number of aromatic nitrogens is 2. The van der Waals surface area contributed by atoms with Crippen LogP contribution in [0.3, 0.4) is 0 Å². The van der Waals surface area contributed by atoms with Gasteiger partial charge in [0.05, 0.1) is 23.9 Å². The summed E-state index contributed by atoms with van der Waals surface area (Å²) in [5.74, 6) is -0.537. The molecular weight excluding hydrogens is 578 g/mol. The summed E-state index contributed by atoms with van der Waals surface area (Å²) < 4.78 is 57.2. The van der Waals surface area contributed by atoms with Gasteiger partial charge in [0.25, 0.3) is 0 Å². The minimum Gasteiger partial charge on any atom is -0.393 e. The highest BCUT2D eigenvalue weighted by atomic mass is 19.4. The van der Waals surface area contributed by atoms with Crippen molar-refractivity contribution in [2.45, 2.75) is 30.6 Å². The molecule has 8 heteroatoms. The number of aliphatic hydroxyl groups excluding tert-OH is 1. The van der Waals surface area contributed by atoms with E-state index in [1.54, 1.807) is 6.20 Å². The van der Waals surface area contributed by atoms with Crippen LogP contribution in [-0.2, 0) is 17.3 Å². The Morgan fingerprint density at radius 2 is 1.18 bits per heavy atom. The van der Waals surface area contributed by atoms with Crippen molar-refractivity contribution in [1.29, 1.82) is 0 Å². The Hall–Kier alpha value is -4.95. The number of hydrogen-bond donors (Lipinski definition) is 2. The van der Waals surface area contributed by atoms with Gasteiger partial charge in [0.2, 0.25) is 0 Å². The van der Waals surface area contributed by atoms with Crippen LogP contribution < -0.4 is 5.32 Å². The maximum atomic E-state index is 15.7. The molecule has 45 heavy (non-hydrogen) atoms. The van der Waals surface area contributed by atoms with Crippen LogP contribution in [0.5, 0.6) is 0 Å². The number of hydrogen-bond acceptors (Lipinski definition) is 3. The highest BCUT2D eigenvalue weighted by molar-refractivity contribution is 5.93. The van der Waals surface area contributed by atoms with Crippen molar-refractivity contribution < 1.29 is 22.7 Å². The summed E-state index contributed by atoms with van der Waals surface area (Å²) in [5, 5.41) is 19.7. The predicted octanol–water partition coefficient (Wildman–Crippen LogP) is 8.74. The van der Waals surface area contributed by atoms with Crippen molar-refractivity contribution >= 4 is 16.6 Å². The molecule has 1 aromatic heterocycles. The van der Waals surface area contributed by atoms with Crippen molar-refractivity contribution in [3.63, 3.8) is 0 Å². The molecule has 5 aromatic carbocycles. The zero-order valence-electron chi connectivity index (χ0n) is 24.5. The zero-order chi connectivity index (χ0) is 31.7. The third kappa shape index (κ3) is 5.25. The van der Waals surface area contributed by atoms with Gasteiger partial charge in [-0.05, 0) is 52.9 Å². The van der Waals surface area contributed by atoms with E-state index in [1.165, 1.54) is 28.9 Å². The standard InChI is InChI=1S/C37H31F4N3O/c1-2-35(25-45,26-18-20-30(21-19-26)37(39,40)41)44-34-23-31(38)22-33(32(34)24-42-44)43-36(27-12-6-3-7-13-27,28-14-8-4-9-15-28)29-16-10-5-11-17-29/h3-24,43,45H,2,25H2,1H3. The van der Waals surface area contributed by atoms with E-state index in [4.69, 9.17) is 0 Å². The first-order valence-corrected chi connectivity index (χ1v) is 14.6. The summed E-state index contributed by atoms with van der Waals surface area (Å²) in [5.41, 5.74) is 1.07. The lowest BCUT2D eigenvalue weighted by Gasteiger charge is -2.38. The second-order valence-corrected chi connectivity index (χ2v) is 11.0. The molecule has 0 aliphatic heterocycles. The first kappa shape index (κ1) is 30.1. The summed E-state index contributed by atoms with van der Waals surface area (Å²) in [7, 11) is 0. The number of nitrogens with zero attached hydrogens (tertiary/aromatic N) is 2. The zero-order valence-corrected chi connectivity index (χ0v) is 24.5. The van der Waals surface area contributed by atoms with Crippen molar-refractivity contribution in [2.24, 2.45) is 0 Å². The molecular formula is C37H31F4N3O. The molecule has 1 heterocycles. The van der Waals surface area contributed by atoms with Gasteiger partial charge in [-0.3, -0.25) is 4.68 Å². The fraction of sp³-hybridized carbons (Fsp3) is 0.162. The number of fused-ring (bicyclic) bond motifs is 1. The number of aliphatic hydroxyl groups is 1. The summed E-state index contributed by atoms with van der Waals surface area (Å²) in [4.78, 5) is 0. The van der Waals surface area contributed by atoms with E-state index >= 15 is 4.39 Å². The van der Waals surface area contributed by atoms with Crippen molar-refractivity contribution in [2.75, 3.05) is 11.9 Å². The van der Waals surface area contributed by atoms with Crippen LogP contribution in [0.4, 0.5) is 23.2 Å². The van der Waals surface area contributed by atoms with E-state index in [2.05, 4.69) is 10.4 Å². The van der Waals surface area contributed by atoms with Gasteiger partial charge in [0.1, 0.15) is 16.9 Å². The second-order valence-electron chi connectivity index (χ2n) is 11.0. The molecule has 0 amide bonds. The normalized spacial score (nSPS) is 13.5. The lowest BCUT2D eigenvalue weighted by atomic mass is 9.76. The van der Waals surface area contributed by atoms with E-state index < -0.39 is 35.2 Å². The Balaban J connectivity index is 1.57. The average Bonchev–Trinajstić information content (AvgIpc) is 3.50. The number of anilines is 1. The second kappa shape index (κ2) is 11.9. The van der Waals surface area contributed by atoms with E-state index in [0.29, 0.717) is 22.2 Å². The van der Waals surface area contributed by atoms with Gasteiger partial charge in [-0.2, -0.15) is 18.3 Å². The van der Waals surface area contributed by atoms with Gasteiger partial charge in [-0.25, -0.2) is 4.39 Å². The van der Waals surface area contributed by atoms with Crippen molar-refractivity contribution in [3.05, 3.63) is 167 Å². The quantitative estimate of drug-likeness (QED) is 0.127. The summed E-state index contributed by atoms with van der Waals surface area (Å²) in [6.07, 6.45) is -2.61. The fourth-order valence-electron chi connectivity index (χ4n) is 6.24. The monoisotopic (exact) mass is 609 g/mol. The Morgan fingerprint density at radius 1 is 0.689 bits per heavy atom. The molecule has 0 bridgehead atoms. The van der Waals surface area contributed by atoms with Gasteiger partial charge in [0, 0.05) is 11.1 Å². The van der Waals surface area contributed by atoms with Gasteiger partial charge in [0.15, 0.2) is 0 Å². The van der Waals surface area contributed by atoms with Crippen molar-refractivity contribution in [3.8, 4) is 0 Å². The van der Waals surface area contributed by atoms with Crippen LogP contribution in [0.2, 0.25) is 0 Å². The van der Waals surface area contributed by atoms with Crippen LogP contribution in [0.15, 0.2) is 134 Å². The molecule has 0 aliphatic rings. The Bertz CT molecular complexity index is 1790. The molecule has 0 saturated carbocycles. The van der Waals surface area contributed by atoms with Crippen LogP contribution >= 0.6 is 0 Å². The Kier molecular flexibility index (Phi) is 7.93. The molecule has 4 nitrogen and oxygen atoms in total. The number of alkyl halides is 3. The lowest BCUT2D eigenvalue weighted by molar-refractivity contribution is -0.137. The maximum Gasteiger partial charge on any atom is 0.416 e. The number of rotatable bonds is 9. The van der Waals surface area contributed by atoms with E-state index in [0.717, 1.165) is 28.8 Å². The summed E-state index contributed by atoms with van der Waals surface area (Å²) >= 11 is 0. The molecule has 6 rings (SSSR count). The highest BCUT2D eigenvalue weighted by Gasteiger charge is 2.39. The van der Waals surface area contributed by atoms with Crippen LogP contribution in [-0.4, -0.2) is 21.5 Å². The first-order valence-electron chi connectivity index (χ1n) is 14.6. The smallest absolute Gasteiger partial charge is 0.393 e. The summed E-state index contributed by atoms with van der Waals surface area (Å²) in [6.45, 7) is 1.35. The minimum atomic E-state index is -4.50. The molecule has 0 radical (unpaired) electrons. The fourth-order valence-corrected chi connectivity index (χ4v) is 6.24. The molecule has 2 N–H and O–H groups in total. The molecule has 0 fully saturated rings. The molecule has 0 spiro atoms. The SMILES string of the molecule is CCC(CO)(c1ccc(C(F)(F)F)cc1)n1ncc2c(NC(c3ccccc3)(c3ccccc3)c3ccccc3)cc(F)cc21. The maximum absolute atomic E-state index is 15.7. The number of nitrogens with one attached hydrogen (secondary N) is 1. The number of benzene rings is 5. The van der Waals surface area contributed by atoms with Gasteiger partial charge >= 0.3 is 6.18 Å². The number of halogens is 4. The van der Waals surface area contributed by atoms with Crippen LogP contribution in [0.1, 0.15) is 41.2 Å². The molecule has 1 atom stereocenters. The van der Waals surface area contributed by atoms with Gasteiger partial charge < -0.3 is 10.4 Å². The van der Waals surface area contributed by atoms with E-state index in [1.807, 2.05) is 97.9 Å².